The molecule has 2 rings (SSSR count). The summed E-state index contributed by atoms with van der Waals surface area (Å²) in [4.78, 5) is 25.9. The zero-order valence-electron chi connectivity index (χ0n) is 11.9. The Hall–Kier alpha value is -2.57. The van der Waals surface area contributed by atoms with E-state index in [0.717, 1.165) is 22.6 Å². The van der Waals surface area contributed by atoms with E-state index in [9.17, 15) is 4.79 Å². The third-order valence-corrected chi connectivity index (χ3v) is 2.71. The lowest BCUT2D eigenvalue weighted by Crippen LogP contribution is -2.15. The van der Waals surface area contributed by atoms with Gasteiger partial charge < -0.3 is 4.98 Å². The third-order valence-electron chi connectivity index (χ3n) is 2.71. The molecular weight excluding hydrogens is 256 g/mol. The van der Waals surface area contributed by atoms with Gasteiger partial charge in [0.2, 0.25) is 5.95 Å². The first kappa shape index (κ1) is 13.9. The lowest BCUT2D eigenvalue weighted by atomic mass is 10.2. The van der Waals surface area contributed by atoms with Crippen LogP contribution in [0.2, 0.25) is 0 Å². The predicted molar refractivity (Wildman–Crippen MR) is 76.9 cm³/mol. The quantitative estimate of drug-likeness (QED) is 0.649. The maximum absolute atomic E-state index is 11.1. The van der Waals surface area contributed by atoms with Crippen molar-refractivity contribution in [2.75, 3.05) is 5.43 Å². The molecule has 0 saturated heterocycles. The van der Waals surface area contributed by atoms with Gasteiger partial charge in [-0.15, -0.1) is 0 Å². The molecule has 0 spiro atoms. The fourth-order valence-electron chi connectivity index (χ4n) is 1.81. The van der Waals surface area contributed by atoms with Crippen LogP contribution in [0.25, 0.3) is 0 Å². The molecule has 0 radical (unpaired) electrons. The molecule has 0 atom stereocenters. The number of hydrogen-bond acceptors (Lipinski definition) is 6. The van der Waals surface area contributed by atoms with Crippen LogP contribution in [-0.2, 0) is 0 Å². The highest BCUT2D eigenvalue weighted by molar-refractivity contribution is 5.99. The van der Waals surface area contributed by atoms with Crippen LogP contribution < -0.4 is 11.1 Å². The van der Waals surface area contributed by atoms with E-state index in [1.165, 1.54) is 6.20 Å². The highest BCUT2D eigenvalue weighted by atomic mass is 16.1. The van der Waals surface area contributed by atoms with Crippen molar-refractivity contribution in [1.82, 2.24) is 19.9 Å². The van der Waals surface area contributed by atoms with Gasteiger partial charge in [-0.05, 0) is 33.8 Å². The van der Waals surface area contributed by atoms with Crippen LogP contribution in [0.1, 0.15) is 29.6 Å². The summed E-state index contributed by atoms with van der Waals surface area (Å²) in [5.74, 6) is 0.442. The first-order valence-corrected chi connectivity index (χ1v) is 6.14. The fraction of sp³-hybridized carbons (Fsp3) is 0.308. The Kier molecular flexibility index (Phi) is 3.88. The van der Waals surface area contributed by atoms with Crippen LogP contribution in [0.4, 0.5) is 5.95 Å². The number of aromatic amines is 1. The van der Waals surface area contributed by atoms with E-state index in [1.807, 2.05) is 26.8 Å². The standard InChI is InChI=1S/C13H16N6O/c1-7-5-8(2)16-12(15-7)19-18-10(4)11-6-14-13(20)17-9(11)3/h5-6H,1-4H3,(H,14,17,20)(H,15,16,19)/b18-10+. The van der Waals surface area contributed by atoms with Gasteiger partial charge in [0.25, 0.3) is 0 Å². The number of hydrogen-bond donors (Lipinski definition) is 2. The smallest absolute Gasteiger partial charge is 0.309 e. The average molecular weight is 272 g/mol. The molecule has 2 heterocycles. The van der Waals surface area contributed by atoms with Crippen LogP contribution in [0.5, 0.6) is 0 Å². The van der Waals surface area contributed by atoms with Crippen molar-refractivity contribution in [3.63, 3.8) is 0 Å². The average Bonchev–Trinajstić information content (AvgIpc) is 2.35. The monoisotopic (exact) mass is 272 g/mol. The number of hydrazone groups is 1. The van der Waals surface area contributed by atoms with E-state index >= 15 is 0 Å². The molecule has 0 aliphatic rings. The molecule has 0 fully saturated rings. The Morgan fingerprint density at radius 1 is 1.25 bits per heavy atom. The Morgan fingerprint density at radius 3 is 2.50 bits per heavy atom. The van der Waals surface area contributed by atoms with E-state index in [2.05, 4.69) is 30.5 Å². The maximum atomic E-state index is 11.1. The maximum Gasteiger partial charge on any atom is 0.345 e. The molecule has 0 saturated carbocycles. The van der Waals surface area contributed by atoms with Crippen molar-refractivity contribution in [3.05, 3.63) is 45.4 Å². The van der Waals surface area contributed by atoms with Crippen molar-refractivity contribution in [2.24, 2.45) is 5.10 Å². The molecule has 2 N–H and O–H groups in total. The summed E-state index contributed by atoms with van der Waals surface area (Å²) in [6.45, 7) is 7.40. The van der Waals surface area contributed by atoms with Gasteiger partial charge >= 0.3 is 5.69 Å². The molecule has 2 aromatic heterocycles. The molecule has 0 aliphatic carbocycles. The minimum absolute atomic E-state index is 0.371. The van der Waals surface area contributed by atoms with Crippen molar-refractivity contribution >= 4 is 11.7 Å². The van der Waals surface area contributed by atoms with E-state index in [1.54, 1.807) is 6.92 Å². The Balaban J connectivity index is 2.24. The highest BCUT2D eigenvalue weighted by Gasteiger charge is 2.04. The van der Waals surface area contributed by atoms with Gasteiger partial charge in [-0.25, -0.2) is 25.2 Å². The minimum Gasteiger partial charge on any atom is -0.309 e. The van der Waals surface area contributed by atoms with Crippen LogP contribution in [-0.4, -0.2) is 25.6 Å². The van der Waals surface area contributed by atoms with Gasteiger partial charge in [-0.1, -0.05) is 0 Å². The van der Waals surface area contributed by atoms with E-state index in [-0.39, 0.29) is 5.69 Å². The summed E-state index contributed by atoms with van der Waals surface area (Å²) >= 11 is 0. The molecule has 7 heteroatoms. The number of nitrogens with zero attached hydrogens (tertiary/aromatic N) is 4. The summed E-state index contributed by atoms with van der Waals surface area (Å²) in [5.41, 5.74) is 6.35. The Labute approximate surface area is 116 Å². The van der Waals surface area contributed by atoms with E-state index in [4.69, 9.17) is 0 Å². The third kappa shape index (κ3) is 3.25. The van der Waals surface area contributed by atoms with Crippen LogP contribution in [0, 0.1) is 20.8 Å². The molecule has 0 aromatic carbocycles. The van der Waals surface area contributed by atoms with Crippen LogP contribution in [0.15, 0.2) is 22.2 Å². The van der Waals surface area contributed by atoms with E-state index in [0.29, 0.717) is 11.7 Å². The molecule has 20 heavy (non-hydrogen) atoms. The molecule has 2 aromatic rings. The molecule has 104 valence electrons. The van der Waals surface area contributed by atoms with Crippen LogP contribution >= 0.6 is 0 Å². The topological polar surface area (TPSA) is 95.9 Å². The minimum atomic E-state index is -0.371. The zero-order valence-corrected chi connectivity index (χ0v) is 11.9. The summed E-state index contributed by atoms with van der Waals surface area (Å²) < 4.78 is 0. The van der Waals surface area contributed by atoms with Gasteiger partial charge in [0.1, 0.15) is 0 Å². The number of aromatic nitrogens is 4. The van der Waals surface area contributed by atoms with Crippen molar-refractivity contribution < 1.29 is 0 Å². The summed E-state index contributed by atoms with van der Waals surface area (Å²) in [7, 11) is 0. The SMILES string of the molecule is C/C(=N\Nc1nc(C)cc(C)n1)c1cnc(=O)[nH]c1C. The lowest BCUT2D eigenvalue weighted by Gasteiger charge is -2.05. The van der Waals surface area contributed by atoms with Gasteiger partial charge in [0.15, 0.2) is 0 Å². The molecular formula is C13H16N6O. The lowest BCUT2D eigenvalue weighted by molar-refractivity contribution is 1.01. The summed E-state index contributed by atoms with van der Waals surface area (Å²) in [6, 6.07) is 1.89. The normalized spacial score (nSPS) is 11.5. The number of rotatable bonds is 3. The molecule has 0 unspecified atom stereocenters. The second-order valence-electron chi connectivity index (χ2n) is 4.51. The zero-order chi connectivity index (χ0) is 14.7. The van der Waals surface area contributed by atoms with Crippen molar-refractivity contribution in [3.8, 4) is 0 Å². The van der Waals surface area contributed by atoms with Gasteiger partial charge in [0.05, 0.1) is 5.71 Å². The number of anilines is 1. The molecule has 7 nitrogen and oxygen atoms in total. The second-order valence-corrected chi connectivity index (χ2v) is 4.51. The second kappa shape index (κ2) is 5.60. The van der Waals surface area contributed by atoms with Gasteiger partial charge in [0, 0.05) is 28.8 Å². The Morgan fingerprint density at radius 2 is 1.90 bits per heavy atom. The van der Waals surface area contributed by atoms with Gasteiger partial charge in [-0.3, -0.25) is 0 Å². The Bertz CT molecular complexity index is 699. The predicted octanol–water partition coefficient (Wildman–Crippen LogP) is 1.32. The first-order valence-electron chi connectivity index (χ1n) is 6.14. The van der Waals surface area contributed by atoms with E-state index < -0.39 is 0 Å². The highest BCUT2D eigenvalue weighted by Crippen LogP contribution is 2.06. The number of aryl methyl sites for hydroxylation is 3. The van der Waals surface area contributed by atoms with Crippen molar-refractivity contribution in [2.45, 2.75) is 27.7 Å². The van der Waals surface area contributed by atoms with Gasteiger partial charge in [-0.2, -0.15) is 5.10 Å². The molecule has 0 bridgehead atoms. The largest absolute Gasteiger partial charge is 0.345 e. The summed E-state index contributed by atoms with van der Waals surface area (Å²) in [5, 5.41) is 4.22. The molecule has 0 amide bonds. The number of H-pyrrole nitrogens is 1. The molecule has 0 aliphatic heterocycles. The fourth-order valence-corrected chi connectivity index (χ4v) is 1.81. The van der Waals surface area contributed by atoms with Crippen LogP contribution in [0.3, 0.4) is 0 Å². The van der Waals surface area contributed by atoms with Crippen molar-refractivity contribution in [1.29, 1.82) is 0 Å². The first-order chi connectivity index (χ1) is 9.45. The summed E-state index contributed by atoms with van der Waals surface area (Å²) in [6.07, 6.45) is 1.50. The number of nitrogens with one attached hydrogen (secondary N) is 2.